The van der Waals surface area contributed by atoms with E-state index in [0.29, 0.717) is 9.92 Å². The van der Waals surface area contributed by atoms with Crippen molar-refractivity contribution in [3.05, 3.63) is 65.5 Å². The maximum absolute atomic E-state index is 13.6. The number of nitrogens with zero attached hydrogens (tertiary/aromatic N) is 3. The molecule has 12 heteroatoms. The van der Waals surface area contributed by atoms with Gasteiger partial charge in [0.15, 0.2) is 17.5 Å². The van der Waals surface area contributed by atoms with Gasteiger partial charge in [-0.05, 0) is 23.8 Å². The zero-order chi connectivity index (χ0) is 23.0. The highest BCUT2D eigenvalue weighted by Gasteiger charge is 2.46. The summed E-state index contributed by atoms with van der Waals surface area (Å²) in [6.45, 7) is -0.530. The van der Waals surface area contributed by atoms with Crippen LogP contribution in [0.2, 0.25) is 5.02 Å². The average molecular weight is 488 g/mol. The van der Waals surface area contributed by atoms with E-state index >= 15 is 0 Å². The molecule has 3 aromatic rings. The van der Waals surface area contributed by atoms with Crippen molar-refractivity contribution in [2.24, 2.45) is 0 Å². The van der Waals surface area contributed by atoms with Crippen LogP contribution in [0.3, 0.4) is 0 Å². The highest BCUT2D eigenvalue weighted by molar-refractivity contribution is 7.99. The first kappa shape index (κ1) is 23.0. The van der Waals surface area contributed by atoms with Gasteiger partial charge in [0, 0.05) is 29.0 Å². The van der Waals surface area contributed by atoms with Crippen molar-refractivity contribution in [1.82, 2.24) is 14.8 Å². The molecule has 1 aliphatic heterocycles. The van der Waals surface area contributed by atoms with E-state index in [1.807, 2.05) is 0 Å². The molecule has 0 saturated carbocycles. The second kappa shape index (κ2) is 9.38. The second-order valence-corrected chi connectivity index (χ2v) is 8.73. The van der Waals surface area contributed by atoms with Gasteiger partial charge in [0.05, 0.1) is 17.8 Å². The lowest BCUT2D eigenvalue weighted by atomic mass is 9.97. The van der Waals surface area contributed by atoms with Crippen LogP contribution >= 0.6 is 23.4 Å². The highest BCUT2D eigenvalue weighted by Crippen LogP contribution is 2.38. The fraction of sp³-hybridized carbons (Fsp3) is 0.300. The molecule has 0 aliphatic carbocycles. The van der Waals surface area contributed by atoms with E-state index in [9.17, 15) is 28.5 Å². The van der Waals surface area contributed by atoms with E-state index in [0.717, 1.165) is 23.9 Å². The first-order valence-electron chi connectivity index (χ1n) is 9.37. The molecule has 4 rings (SSSR count). The van der Waals surface area contributed by atoms with Crippen LogP contribution in [0.15, 0.2) is 47.9 Å². The van der Waals surface area contributed by atoms with Crippen LogP contribution in [0.1, 0.15) is 6.04 Å². The Kier molecular flexibility index (Phi) is 6.75. The zero-order valence-corrected chi connectivity index (χ0v) is 17.7. The van der Waals surface area contributed by atoms with Crippen LogP contribution in [0, 0.1) is 17.5 Å². The minimum atomic E-state index is -1.59. The van der Waals surface area contributed by atoms with E-state index in [2.05, 4.69) is 10.1 Å². The van der Waals surface area contributed by atoms with Gasteiger partial charge < -0.3 is 20.1 Å². The molecule has 0 unspecified atom stereocenters. The van der Waals surface area contributed by atoms with Gasteiger partial charge in [-0.2, -0.15) is 5.10 Å². The molecular formula is C20H17ClF3N3O4S. The van der Waals surface area contributed by atoms with Crippen LogP contribution in [-0.2, 0) is 4.74 Å². The molecular weight excluding hydrogens is 471 g/mol. The Morgan fingerprint density at radius 2 is 1.75 bits per heavy atom. The summed E-state index contributed by atoms with van der Waals surface area (Å²) in [6.07, 6.45) is 1.89. The van der Waals surface area contributed by atoms with Crippen LogP contribution < -0.4 is 0 Å². The first-order valence-corrected chi connectivity index (χ1v) is 10.6. The molecule has 170 valence electrons. The third-order valence-corrected chi connectivity index (χ3v) is 6.33. The Hall–Kier alpha value is -2.15. The fourth-order valence-corrected chi connectivity index (χ4v) is 4.76. The minimum Gasteiger partial charge on any atom is -0.394 e. The summed E-state index contributed by atoms with van der Waals surface area (Å²) in [7, 11) is 0. The monoisotopic (exact) mass is 487 g/mol. The normalized spacial score (nSPS) is 25.8. The molecule has 1 saturated heterocycles. The number of aliphatic hydroxyl groups excluding tert-OH is 3. The van der Waals surface area contributed by atoms with Gasteiger partial charge in [0.1, 0.15) is 29.8 Å². The van der Waals surface area contributed by atoms with Gasteiger partial charge in [-0.1, -0.05) is 23.4 Å². The zero-order valence-electron chi connectivity index (χ0n) is 16.1. The smallest absolute Gasteiger partial charge is 0.194 e. The molecule has 0 amide bonds. The molecule has 0 bridgehead atoms. The van der Waals surface area contributed by atoms with Crippen molar-refractivity contribution in [1.29, 1.82) is 0 Å². The summed E-state index contributed by atoms with van der Waals surface area (Å²) in [6, 6.07) is 2.19. The van der Waals surface area contributed by atoms with E-state index < -0.39 is 53.8 Å². The van der Waals surface area contributed by atoms with E-state index in [4.69, 9.17) is 16.3 Å². The minimum absolute atomic E-state index is 0.0262. The number of thioether (sulfide) groups is 1. The van der Waals surface area contributed by atoms with Crippen molar-refractivity contribution in [2.75, 3.05) is 6.61 Å². The highest BCUT2D eigenvalue weighted by atomic mass is 35.5. The van der Waals surface area contributed by atoms with E-state index in [1.165, 1.54) is 29.5 Å². The number of hydrogen-bond donors (Lipinski definition) is 3. The van der Waals surface area contributed by atoms with Gasteiger partial charge in [0.2, 0.25) is 0 Å². The lowest BCUT2D eigenvalue weighted by Gasteiger charge is -2.42. The number of hydrogen-bond acceptors (Lipinski definition) is 7. The summed E-state index contributed by atoms with van der Waals surface area (Å²) in [5, 5.41) is 35.7. The molecule has 32 heavy (non-hydrogen) atoms. The summed E-state index contributed by atoms with van der Waals surface area (Å²) in [5.74, 6) is -4.30. The van der Waals surface area contributed by atoms with Crippen molar-refractivity contribution in [3.8, 4) is 11.1 Å². The molecule has 1 aliphatic rings. The second-order valence-electron chi connectivity index (χ2n) is 7.12. The van der Waals surface area contributed by atoms with Crippen LogP contribution in [0.25, 0.3) is 11.1 Å². The standard InChI is InChI=1S/C20H17ClF3N3O4S/c21-11-3-12(6-25-5-11)32-20-19(30)17(18(29)15(8-28)31-20)27-7-10(4-26-27)9-1-13(22)16(24)14(23)2-9/h1-7,15,17-20,28-30H,8H2/t15-,17+,18+,19-,20-/m1/s1. The summed E-state index contributed by atoms with van der Waals surface area (Å²) < 4.78 is 47.4. The Balaban J connectivity index is 1.64. The molecule has 0 spiro atoms. The Labute approximate surface area is 189 Å². The number of aromatic nitrogens is 3. The molecule has 3 heterocycles. The number of pyridine rings is 1. The van der Waals surface area contributed by atoms with Gasteiger partial charge in [0.25, 0.3) is 0 Å². The molecule has 1 aromatic carbocycles. The lowest BCUT2D eigenvalue weighted by Crippen LogP contribution is -2.54. The summed E-state index contributed by atoms with van der Waals surface area (Å²) in [5.41, 5.74) is -0.662. The van der Waals surface area contributed by atoms with Crippen molar-refractivity contribution >= 4 is 23.4 Å². The largest absolute Gasteiger partial charge is 0.394 e. The first-order chi connectivity index (χ1) is 15.3. The molecule has 3 N–H and O–H groups in total. The number of benzene rings is 1. The Bertz CT molecular complexity index is 1100. The Morgan fingerprint density at radius 3 is 2.41 bits per heavy atom. The van der Waals surface area contributed by atoms with Crippen molar-refractivity contribution < 1.29 is 33.2 Å². The van der Waals surface area contributed by atoms with Crippen molar-refractivity contribution in [3.63, 3.8) is 0 Å². The van der Waals surface area contributed by atoms with Crippen LogP contribution in [0.4, 0.5) is 13.2 Å². The van der Waals surface area contributed by atoms with E-state index in [-0.39, 0.29) is 11.1 Å². The van der Waals surface area contributed by atoms with Crippen LogP contribution in [-0.4, -0.2) is 60.4 Å². The predicted molar refractivity (Wildman–Crippen MR) is 109 cm³/mol. The average Bonchev–Trinajstić information content (AvgIpc) is 3.23. The van der Waals surface area contributed by atoms with Gasteiger partial charge in [-0.25, -0.2) is 13.2 Å². The molecule has 1 fully saturated rings. The number of aliphatic hydroxyl groups is 3. The van der Waals surface area contributed by atoms with Crippen LogP contribution in [0.5, 0.6) is 0 Å². The molecule has 5 atom stereocenters. The molecule has 2 aromatic heterocycles. The predicted octanol–water partition coefficient (Wildman–Crippen LogP) is 2.79. The summed E-state index contributed by atoms with van der Waals surface area (Å²) >= 11 is 7.04. The fourth-order valence-electron chi connectivity index (χ4n) is 3.44. The third kappa shape index (κ3) is 4.49. The molecule has 0 radical (unpaired) electrons. The number of halogens is 4. The van der Waals surface area contributed by atoms with Crippen molar-refractivity contribution in [2.45, 2.75) is 34.7 Å². The summed E-state index contributed by atoms with van der Waals surface area (Å²) in [4.78, 5) is 4.56. The third-order valence-electron chi connectivity index (χ3n) is 5.00. The lowest BCUT2D eigenvalue weighted by molar-refractivity contribution is -0.178. The molecule has 7 nitrogen and oxygen atoms in total. The topological polar surface area (TPSA) is 101 Å². The number of ether oxygens (including phenoxy) is 1. The SMILES string of the molecule is OC[C@H]1O[C@H](Sc2cncc(Cl)c2)[C@H](O)[C@@H](n2cc(-c3cc(F)c(F)c(F)c3)cn2)[C@H]1O. The van der Waals surface area contributed by atoms with E-state index in [1.54, 1.807) is 6.07 Å². The number of rotatable bonds is 5. The Morgan fingerprint density at radius 1 is 1.03 bits per heavy atom. The maximum atomic E-state index is 13.6. The van der Waals surface area contributed by atoms with Gasteiger partial charge >= 0.3 is 0 Å². The van der Waals surface area contributed by atoms with Gasteiger partial charge in [-0.3, -0.25) is 9.67 Å². The maximum Gasteiger partial charge on any atom is 0.194 e. The quantitative estimate of drug-likeness (QED) is 0.476. The van der Waals surface area contributed by atoms with Gasteiger partial charge in [-0.15, -0.1) is 0 Å².